The minimum absolute atomic E-state index is 0.0346. The van der Waals surface area contributed by atoms with Crippen molar-refractivity contribution in [3.8, 4) is 0 Å². The molecule has 1 saturated heterocycles. The van der Waals surface area contributed by atoms with E-state index < -0.39 is 23.4 Å². The van der Waals surface area contributed by atoms with E-state index in [1.54, 1.807) is 0 Å². The summed E-state index contributed by atoms with van der Waals surface area (Å²) in [7, 11) is 0. The third-order valence-electron chi connectivity index (χ3n) is 6.25. The molecule has 6 nitrogen and oxygen atoms in total. The SMILES string of the molecule is CC1(CCCC(O)CO[C@@H]2C(=O)CC[C@]3(C)C(=O)CC[C@@H]23)OCCO1. The third-order valence-corrected chi connectivity index (χ3v) is 6.25. The number of carbonyl (C=O) groups excluding carboxylic acids is 2. The number of aliphatic hydroxyl groups excluding tert-OH is 1. The van der Waals surface area contributed by atoms with E-state index in [1.807, 2.05) is 13.8 Å². The number of ether oxygens (including phenoxy) is 3. The van der Waals surface area contributed by atoms with Crippen molar-refractivity contribution in [1.29, 1.82) is 0 Å². The second kappa shape index (κ2) is 7.43. The first-order valence-corrected chi connectivity index (χ1v) is 9.48. The Bertz CT molecular complexity index is 512. The number of Topliss-reactive ketones (excluding diaryl/α,β-unsaturated/α-hetero) is 2. The van der Waals surface area contributed by atoms with E-state index in [0.717, 1.165) is 19.3 Å². The topological polar surface area (TPSA) is 82.1 Å². The number of ketones is 2. The Kier molecular flexibility index (Phi) is 5.63. The molecule has 3 aliphatic rings. The van der Waals surface area contributed by atoms with Crippen LogP contribution >= 0.6 is 0 Å². The minimum atomic E-state index is -0.622. The molecule has 1 heterocycles. The quantitative estimate of drug-likeness (QED) is 0.753. The lowest BCUT2D eigenvalue weighted by Crippen LogP contribution is -2.47. The van der Waals surface area contributed by atoms with Crippen molar-refractivity contribution in [2.45, 2.75) is 76.8 Å². The van der Waals surface area contributed by atoms with Crippen molar-refractivity contribution in [2.75, 3.05) is 19.8 Å². The lowest BCUT2D eigenvalue weighted by molar-refractivity contribution is -0.152. The molecule has 6 heteroatoms. The second-order valence-corrected chi connectivity index (χ2v) is 8.08. The molecule has 4 atom stereocenters. The van der Waals surface area contributed by atoms with E-state index in [0.29, 0.717) is 38.9 Å². The fraction of sp³-hybridized carbons (Fsp3) is 0.895. The van der Waals surface area contributed by atoms with Crippen LogP contribution < -0.4 is 0 Å². The average Bonchev–Trinajstić information content (AvgIpc) is 3.12. The van der Waals surface area contributed by atoms with E-state index >= 15 is 0 Å². The molecular weight excluding hydrogens is 324 g/mol. The van der Waals surface area contributed by atoms with Crippen LogP contribution in [-0.2, 0) is 23.8 Å². The summed E-state index contributed by atoms with van der Waals surface area (Å²) in [6.45, 7) is 5.25. The van der Waals surface area contributed by atoms with E-state index in [9.17, 15) is 14.7 Å². The van der Waals surface area contributed by atoms with Gasteiger partial charge in [0.05, 0.1) is 25.9 Å². The number of aliphatic hydroxyl groups is 1. The van der Waals surface area contributed by atoms with Gasteiger partial charge in [-0.2, -0.15) is 0 Å². The van der Waals surface area contributed by atoms with Crippen LogP contribution in [0.4, 0.5) is 0 Å². The summed E-state index contributed by atoms with van der Waals surface area (Å²) >= 11 is 0. The molecule has 3 rings (SSSR count). The fourth-order valence-electron chi connectivity index (χ4n) is 4.52. The molecule has 0 amide bonds. The van der Waals surface area contributed by atoms with Gasteiger partial charge in [0.1, 0.15) is 11.9 Å². The van der Waals surface area contributed by atoms with E-state index in [4.69, 9.17) is 14.2 Å². The van der Waals surface area contributed by atoms with Crippen LogP contribution in [0, 0.1) is 11.3 Å². The van der Waals surface area contributed by atoms with Gasteiger partial charge in [-0.15, -0.1) is 0 Å². The monoisotopic (exact) mass is 354 g/mol. The van der Waals surface area contributed by atoms with Crippen LogP contribution in [0.1, 0.15) is 58.8 Å². The molecule has 1 aliphatic heterocycles. The molecule has 1 unspecified atom stereocenters. The lowest BCUT2D eigenvalue weighted by atomic mass is 9.67. The largest absolute Gasteiger partial charge is 0.391 e. The van der Waals surface area contributed by atoms with Crippen LogP contribution in [0.2, 0.25) is 0 Å². The summed E-state index contributed by atoms with van der Waals surface area (Å²) in [5, 5.41) is 10.2. The van der Waals surface area contributed by atoms with E-state index in [1.165, 1.54) is 0 Å². The van der Waals surface area contributed by atoms with Gasteiger partial charge < -0.3 is 19.3 Å². The maximum atomic E-state index is 12.3. The smallest absolute Gasteiger partial charge is 0.165 e. The Morgan fingerprint density at radius 1 is 1.24 bits per heavy atom. The van der Waals surface area contributed by atoms with Gasteiger partial charge in [0.2, 0.25) is 0 Å². The van der Waals surface area contributed by atoms with Crippen molar-refractivity contribution in [1.82, 2.24) is 0 Å². The van der Waals surface area contributed by atoms with Gasteiger partial charge in [-0.1, -0.05) is 6.92 Å². The summed E-state index contributed by atoms with van der Waals surface area (Å²) < 4.78 is 16.9. The summed E-state index contributed by atoms with van der Waals surface area (Å²) in [6, 6.07) is 0. The number of carbonyl (C=O) groups is 2. The van der Waals surface area contributed by atoms with Crippen LogP contribution in [0.5, 0.6) is 0 Å². The molecule has 25 heavy (non-hydrogen) atoms. The van der Waals surface area contributed by atoms with E-state index in [-0.39, 0.29) is 24.1 Å². The Morgan fingerprint density at radius 3 is 2.68 bits per heavy atom. The number of rotatable bonds is 7. The second-order valence-electron chi connectivity index (χ2n) is 8.08. The standard InChI is InChI=1S/C19H30O6/c1-18-9-7-15(21)17(14(18)5-6-16(18)22)23-12-13(20)4-3-8-19(2)24-10-11-25-19/h13-14,17,20H,3-12H2,1-2H3/t13?,14-,17-,18-/m0/s1. The van der Waals surface area contributed by atoms with Crippen molar-refractivity contribution in [3.05, 3.63) is 0 Å². The van der Waals surface area contributed by atoms with Gasteiger partial charge in [-0.25, -0.2) is 0 Å². The highest BCUT2D eigenvalue weighted by molar-refractivity contribution is 5.93. The fourth-order valence-corrected chi connectivity index (χ4v) is 4.52. The Labute approximate surface area is 149 Å². The maximum absolute atomic E-state index is 12.3. The molecule has 0 spiro atoms. The van der Waals surface area contributed by atoms with Crippen molar-refractivity contribution < 1.29 is 28.9 Å². The van der Waals surface area contributed by atoms with E-state index in [2.05, 4.69) is 0 Å². The third kappa shape index (κ3) is 3.97. The molecule has 0 radical (unpaired) electrons. The molecule has 142 valence electrons. The van der Waals surface area contributed by atoms with Crippen LogP contribution in [0.3, 0.4) is 0 Å². The van der Waals surface area contributed by atoms with Gasteiger partial charge in [-0.3, -0.25) is 9.59 Å². The molecule has 0 aromatic heterocycles. The minimum Gasteiger partial charge on any atom is -0.391 e. The first kappa shape index (κ1) is 19.0. The van der Waals surface area contributed by atoms with Gasteiger partial charge >= 0.3 is 0 Å². The number of fused-ring (bicyclic) bond motifs is 1. The molecule has 0 aromatic rings. The Morgan fingerprint density at radius 2 is 1.96 bits per heavy atom. The van der Waals surface area contributed by atoms with Gasteiger partial charge in [0.15, 0.2) is 11.6 Å². The van der Waals surface area contributed by atoms with Crippen LogP contribution in [0.15, 0.2) is 0 Å². The maximum Gasteiger partial charge on any atom is 0.165 e. The summed E-state index contributed by atoms with van der Waals surface area (Å²) in [5.74, 6) is -0.243. The molecule has 2 aliphatic carbocycles. The Balaban J connectivity index is 1.45. The zero-order valence-corrected chi connectivity index (χ0v) is 15.3. The molecule has 0 aromatic carbocycles. The van der Waals surface area contributed by atoms with Crippen molar-refractivity contribution in [3.63, 3.8) is 0 Å². The number of hydrogen-bond acceptors (Lipinski definition) is 6. The highest BCUT2D eigenvalue weighted by Crippen LogP contribution is 2.49. The van der Waals surface area contributed by atoms with Gasteiger partial charge in [0, 0.05) is 30.6 Å². The molecule has 2 saturated carbocycles. The zero-order valence-electron chi connectivity index (χ0n) is 15.3. The van der Waals surface area contributed by atoms with Crippen molar-refractivity contribution in [2.24, 2.45) is 11.3 Å². The molecule has 3 fully saturated rings. The van der Waals surface area contributed by atoms with Crippen LogP contribution in [-0.4, -0.2) is 54.5 Å². The normalized spacial score (nSPS) is 35.8. The predicted octanol–water partition coefficient (Wildman–Crippen LogP) is 2.01. The highest BCUT2D eigenvalue weighted by Gasteiger charge is 2.54. The number of hydrogen-bond donors (Lipinski definition) is 1. The highest BCUT2D eigenvalue weighted by atomic mass is 16.7. The molecular formula is C19H30O6. The van der Waals surface area contributed by atoms with Crippen LogP contribution in [0.25, 0.3) is 0 Å². The summed E-state index contributed by atoms with van der Waals surface area (Å²) in [6.07, 6.45) is 3.18. The Hall–Kier alpha value is -0.820. The zero-order chi connectivity index (χ0) is 18.1. The summed E-state index contributed by atoms with van der Waals surface area (Å²) in [4.78, 5) is 24.5. The average molecular weight is 354 g/mol. The molecule has 0 bridgehead atoms. The van der Waals surface area contributed by atoms with Crippen molar-refractivity contribution >= 4 is 11.6 Å². The van der Waals surface area contributed by atoms with Gasteiger partial charge in [-0.05, 0) is 32.6 Å². The lowest BCUT2D eigenvalue weighted by Gasteiger charge is -2.39. The predicted molar refractivity (Wildman–Crippen MR) is 90.0 cm³/mol. The molecule has 1 N–H and O–H groups in total. The first-order valence-electron chi connectivity index (χ1n) is 9.48. The summed E-state index contributed by atoms with van der Waals surface area (Å²) in [5.41, 5.74) is -0.421. The first-order chi connectivity index (χ1) is 11.8. The van der Waals surface area contributed by atoms with Gasteiger partial charge in [0.25, 0.3) is 0 Å².